The SMILES string of the molecule is N#Cc1ccc(-c2nnc(C3(O)C(=O)c4cccc5cccc3c45)o2)cc1. The third-order valence-corrected chi connectivity index (χ3v) is 4.86. The molecule has 128 valence electrons. The van der Waals surface area contributed by atoms with Crippen molar-refractivity contribution in [1.82, 2.24) is 10.2 Å². The van der Waals surface area contributed by atoms with Gasteiger partial charge in [0.15, 0.2) is 0 Å². The van der Waals surface area contributed by atoms with Crippen LogP contribution in [0, 0.1) is 11.3 Å². The Bertz CT molecular complexity index is 1260. The largest absolute Gasteiger partial charge is 0.417 e. The summed E-state index contributed by atoms with van der Waals surface area (Å²) >= 11 is 0. The molecule has 0 aliphatic heterocycles. The Kier molecular flexibility index (Phi) is 3.05. The molecule has 0 saturated carbocycles. The maximum absolute atomic E-state index is 13.0. The monoisotopic (exact) mass is 353 g/mol. The number of hydrogen-bond acceptors (Lipinski definition) is 6. The summed E-state index contributed by atoms with van der Waals surface area (Å²) in [6, 6.07) is 19.4. The first-order valence-electron chi connectivity index (χ1n) is 8.27. The Morgan fingerprint density at radius 3 is 2.48 bits per heavy atom. The number of Topliss-reactive ketones (excluding diaryl/α,β-unsaturated/α-hetero) is 1. The lowest BCUT2D eigenvalue weighted by atomic mass is 9.94. The summed E-state index contributed by atoms with van der Waals surface area (Å²) in [5, 5.41) is 29.7. The number of carbonyl (C=O) groups is 1. The van der Waals surface area contributed by atoms with Crippen molar-refractivity contribution in [1.29, 1.82) is 5.26 Å². The molecule has 0 fully saturated rings. The van der Waals surface area contributed by atoms with Crippen LogP contribution in [-0.4, -0.2) is 21.1 Å². The summed E-state index contributed by atoms with van der Waals surface area (Å²) in [7, 11) is 0. The molecule has 1 atom stereocenters. The zero-order valence-corrected chi connectivity index (χ0v) is 13.9. The van der Waals surface area contributed by atoms with Crippen molar-refractivity contribution in [3.8, 4) is 17.5 Å². The number of benzene rings is 3. The average Bonchev–Trinajstić information content (AvgIpc) is 3.29. The van der Waals surface area contributed by atoms with E-state index in [1.165, 1.54) is 0 Å². The van der Waals surface area contributed by atoms with E-state index in [0.29, 0.717) is 27.6 Å². The van der Waals surface area contributed by atoms with Crippen molar-refractivity contribution < 1.29 is 14.3 Å². The molecule has 1 aliphatic carbocycles. The molecule has 6 nitrogen and oxygen atoms in total. The number of nitriles is 1. The van der Waals surface area contributed by atoms with E-state index >= 15 is 0 Å². The number of nitrogens with zero attached hydrogens (tertiary/aromatic N) is 3. The molecule has 6 heteroatoms. The summed E-state index contributed by atoms with van der Waals surface area (Å²) in [6.07, 6.45) is 0. The molecule has 0 spiro atoms. The Hall–Kier alpha value is -3.82. The predicted molar refractivity (Wildman–Crippen MR) is 95.7 cm³/mol. The average molecular weight is 353 g/mol. The zero-order valence-electron chi connectivity index (χ0n) is 13.9. The second kappa shape index (κ2) is 5.34. The van der Waals surface area contributed by atoms with Gasteiger partial charge in [0.1, 0.15) is 0 Å². The fourth-order valence-corrected chi connectivity index (χ4v) is 3.53. The van der Waals surface area contributed by atoms with Crippen LogP contribution in [0.25, 0.3) is 22.2 Å². The smallest absolute Gasteiger partial charge is 0.261 e. The second-order valence-corrected chi connectivity index (χ2v) is 6.35. The second-order valence-electron chi connectivity index (χ2n) is 6.35. The highest BCUT2D eigenvalue weighted by Crippen LogP contribution is 2.44. The van der Waals surface area contributed by atoms with Gasteiger partial charge in [0.2, 0.25) is 17.3 Å². The lowest BCUT2D eigenvalue weighted by Gasteiger charge is -2.17. The van der Waals surface area contributed by atoms with Gasteiger partial charge in [-0.15, -0.1) is 10.2 Å². The van der Waals surface area contributed by atoms with E-state index in [-0.39, 0.29) is 11.8 Å². The van der Waals surface area contributed by atoms with Crippen LogP contribution >= 0.6 is 0 Å². The first kappa shape index (κ1) is 15.4. The highest BCUT2D eigenvalue weighted by molar-refractivity contribution is 6.20. The van der Waals surface area contributed by atoms with E-state index in [1.54, 1.807) is 48.5 Å². The molecule has 1 N–H and O–H groups in total. The third kappa shape index (κ3) is 2.00. The molecular weight excluding hydrogens is 342 g/mol. The first-order chi connectivity index (χ1) is 13.1. The van der Waals surface area contributed by atoms with E-state index in [0.717, 1.165) is 5.39 Å². The van der Waals surface area contributed by atoms with Crippen LogP contribution in [0.4, 0.5) is 0 Å². The third-order valence-electron chi connectivity index (χ3n) is 4.86. The highest BCUT2D eigenvalue weighted by Gasteiger charge is 2.51. The molecule has 1 unspecified atom stereocenters. The van der Waals surface area contributed by atoms with Gasteiger partial charge in [0, 0.05) is 16.7 Å². The van der Waals surface area contributed by atoms with Crippen LogP contribution in [0.3, 0.4) is 0 Å². The Morgan fingerprint density at radius 2 is 1.74 bits per heavy atom. The fourth-order valence-electron chi connectivity index (χ4n) is 3.53. The molecule has 3 aromatic carbocycles. The molecule has 1 heterocycles. The molecule has 0 bridgehead atoms. The molecule has 5 rings (SSSR count). The van der Waals surface area contributed by atoms with Crippen LogP contribution in [0.1, 0.15) is 27.4 Å². The van der Waals surface area contributed by atoms with Gasteiger partial charge in [-0.05, 0) is 35.0 Å². The van der Waals surface area contributed by atoms with Crippen molar-refractivity contribution in [2.45, 2.75) is 5.60 Å². The predicted octanol–water partition coefficient (Wildman–Crippen LogP) is 3.19. The molecule has 4 aromatic rings. The van der Waals surface area contributed by atoms with Crippen molar-refractivity contribution in [2.75, 3.05) is 0 Å². The van der Waals surface area contributed by atoms with E-state index in [1.807, 2.05) is 18.2 Å². The number of aromatic nitrogens is 2. The molecular formula is C21H11N3O3. The number of ketones is 1. The van der Waals surface area contributed by atoms with Gasteiger partial charge < -0.3 is 9.52 Å². The van der Waals surface area contributed by atoms with Gasteiger partial charge in [-0.1, -0.05) is 36.4 Å². The standard InChI is InChI=1S/C21H11N3O3/c22-11-12-7-9-14(10-8-12)19-23-24-20(27-19)21(26)16-6-2-4-13-3-1-5-15(17(13)16)18(21)25/h1-10,26H. The van der Waals surface area contributed by atoms with Crippen LogP contribution < -0.4 is 0 Å². The van der Waals surface area contributed by atoms with Gasteiger partial charge >= 0.3 is 0 Å². The number of rotatable bonds is 2. The molecule has 0 saturated heterocycles. The summed E-state index contributed by atoms with van der Waals surface area (Å²) < 4.78 is 5.69. The fraction of sp³-hybridized carbons (Fsp3) is 0.0476. The number of aliphatic hydroxyl groups is 1. The number of hydrogen-bond donors (Lipinski definition) is 1. The topological polar surface area (TPSA) is 100 Å². The maximum Gasteiger partial charge on any atom is 0.261 e. The van der Waals surface area contributed by atoms with Gasteiger partial charge in [-0.2, -0.15) is 5.26 Å². The van der Waals surface area contributed by atoms with Crippen molar-refractivity contribution >= 4 is 16.6 Å². The van der Waals surface area contributed by atoms with Crippen molar-refractivity contribution in [3.05, 3.63) is 83.2 Å². The maximum atomic E-state index is 13.0. The Morgan fingerprint density at radius 1 is 1.00 bits per heavy atom. The van der Waals surface area contributed by atoms with Crippen LogP contribution in [-0.2, 0) is 5.60 Å². The van der Waals surface area contributed by atoms with Gasteiger partial charge in [0.25, 0.3) is 5.89 Å². The normalized spacial score (nSPS) is 18.0. The molecule has 0 radical (unpaired) electrons. The summed E-state index contributed by atoms with van der Waals surface area (Å²) in [6.45, 7) is 0. The minimum Gasteiger partial charge on any atom is -0.417 e. The molecule has 1 aliphatic rings. The zero-order chi connectivity index (χ0) is 18.6. The van der Waals surface area contributed by atoms with E-state index < -0.39 is 11.4 Å². The number of carbonyl (C=O) groups excluding carboxylic acids is 1. The van der Waals surface area contributed by atoms with Gasteiger partial charge in [-0.25, -0.2) is 0 Å². The lowest BCUT2D eigenvalue weighted by Crippen LogP contribution is -2.33. The summed E-state index contributed by atoms with van der Waals surface area (Å²) in [5.74, 6) is -0.487. The van der Waals surface area contributed by atoms with Crippen LogP contribution in [0.2, 0.25) is 0 Å². The highest BCUT2D eigenvalue weighted by atomic mass is 16.4. The van der Waals surface area contributed by atoms with E-state index in [9.17, 15) is 9.90 Å². The molecule has 0 amide bonds. The van der Waals surface area contributed by atoms with Gasteiger partial charge in [-0.3, -0.25) is 4.79 Å². The van der Waals surface area contributed by atoms with Crippen LogP contribution in [0.15, 0.2) is 65.1 Å². The minimum absolute atomic E-state index is 0.166. The quantitative estimate of drug-likeness (QED) is 0.594. The molecule has 27 heavy (non-hydrogen) atoms. The first-order valence-corrected chi connectivity index (χ1v) is 8.27. The summed E-state index contributed by atoms with van der Waals surface area (Å²) in [4.78, 5) is 13.0. The van der Waals surface area contributed by atoms with Crippen molar-refractivity contribution in [3.63, 3.8) is 0 Å². The van der Waals surface area contributed by atoms with E-state index in [2.05, 4.69) is 10.2 Å². The minimum atomic E-state index is -2.01. The lowest BCUT2D eigenvalue weighted by molar-refractivity contribution is 0.0405. The Balaban J connectivity index is 1.66. The van der Waals surface area contributed by atoms with Crippen molar-refractivity contribution in [2.24, 2.45) is 0 Å². The molecule has 1 aromatic heterocycles. The van der Waals surface area contributed by atoms with E-state index in [4.69, 9.17) is 9.68 Å². The van der Waals surface area contributed by atoms with Gasteiger partial charge in [0.05, 0.1) is 11.6 Å². The summed E-state index contributed by atoms with van der Waals surface area (Å²) in [5.41, 5.74) is -0.0387. The Labute approximate surface area is 153 Å². The van der Waals surface area contributed by atoms with Crippen LogP contribution in [0.5, 0.6) is 0 Å².